The summed E-state index contributed by atoms with van der Waals surface area (Å²) < 4.78 is 5.24. The first-order valence-electron chi connectivity index (χ1n) is 5.51. The summed E-state index contributed by atoms with van der Waals surface area (Å²) in [4.78, 5) is 8.36. The molecular weight excluding hydrogens is 234 g/mol. The van der Waals surface area contributed by atoms with Gasteiger partial charge in [0, 0.05) is 24.2 Å². The third-order valence-corrected chi connectivity index (χ3v) is 3.15. The largest absolute Gasteiger partial charge is 0.468 e. The van der Waals surface area contributed by atoms with Crippen LogP contribution in [0.5, 0.6) is 0 Å². The van der Waals surface area contributed by atoms with Crippen molar-refractivity contribution in [3.05, 3.63) is 42.6 Å². The second-order valence-corrected chi connectivity index (χ2v) is 5.08. The van der Waals surface area contributed by atoms with Gasteiger partial charge in [-0.2, -0.15) is 0 Å². The fourth-order valence-corrected chi connectivity index (χ4v) is 2.18. The van der Waals surface area contributed by atoms with Crippen LogP contribution in [0, 0.1) is 0 Å². The lowest BCUT2D eigenvalue weighted by atomic mass is 10.4. The second kappa shape index (κ2) is 6.42. The third kappa shape index (κ3) is 4.20. The van der Waals surface area contributed by atoms with Crippen LogP contribution in [0.4, 0.5) is 0 Å². The Kier molecular flexibility index (Phi) is 4.58. The number of nitrogens with zero attached hydrogens (tertiary/aromatic N) is 2. The highest BCUT2D eigenvalue weighted by molar-refractivity contribution is 7.99. The van der Waals surface area contributed by atoms with E-state index in [1.54, 1.807) is 30.4 Å². The van der Waals surface area contributed by atoms with Gasteiger partial charge < -0.3 is 9.73 Å². The molecule has 17 heavy (non-hydrogen) atoms. The van der Waals surface area contributed by atoms with Crippen molar-refractivity contribution < 1.29 is 4.42 Å². The van der Waals surface area contributed by atoms with Crippen LogP contribution in [-0.2, 0) is 6.54 Å². The van der Waals surface area contributed by atoms with E-state index in [0.29, 0.717) is 5.25 Å². The number of hydrogen-bond acceptors (Lipinski definition) is 5. The molecule has 90 valence electrons. The molecule has 0 amide bonds. The number of thioether (sulfide) groups is 1. The molecule has 0 radical (unpaired) electrons. The monoisotopic (exact) mass is 249 g/mol. The molecule has 0 saturated carbocycles. The van der Waals surface area contributed by atoms with Gasteiger partial charge in [-0.3, -0.25) is 0 Å². The van der Waals surface area contributed by atoms with Crippen LogP contribution in [0.15, 0.2) is 46.4 Å². The number of nitrogens with one attached hydrogen (secondary N) is 1. The van der Waals surface area contributed by atoms with Gasteiger partial charge in [0.25, 0.3) is 0 Å². The smallest absolute Gasteiger partial charge is 0.187 e. The average molecular weight is 249 g/mol. The maximum Gasteiger partial charge on any atom is 0.187 e. The Balaban J connectivity index is 1.69. The van der Waals surface area contributed by atoms with E-state index in [1.807, 2.05) is 18.2 Å². The van der Waals surface area contributed by atoms with E-state index >= 15 is 0 Å². The first-order valence-corrected chi connectivity index (χ1v) is 6.39. The first kappa shape index (κ1) is 12.1. The van der Waals surface area contributed by atoms with E-state index in [4.69, 9.17) is 4.42 Å². The molecule has 2 rings (SSSR count). The number of furan rings is 1. The zero-order valence-corrected chi connectivity index (χ0v) is 10.5. The summed E-state index contributed by atoms with van der Waals surface area (Å²) in [5, 5.41) is 4.58. The summed E-state index contributed by atoms with van der Waals surface area (Å²) in [6.45, 7) is 3.80. The first-order chi connectivity index (χ1) is 8.34. The number of hydrogen-bond donors (Lipinski definition) is 1. The lowest BCUT2D eigenvalue weighted by molar-refractivity contribution is 0.484. The molecule has 4 nitrogen and oxygen atoms in total. The topological polar surface area (TPSA) is 51.0 Å². The SMILES string of the molecule is CC(CNCc1ccco1)Sc1ncccn1. The maximum atomic E-state index is 5.24. The summed E-state index contributed by atoms with van der Waals surface area (Å²) in [6, 6.07) is 5.68. The predicted octanol–water partition coefficient (Wildman–Crippen LogP) is 2.34. The van der Waals surface area contributed by atoms with Crippen LogP contribution < -0.4 is 5.32 Å². The standard InChI is InChI=1S/C12H15N3OS/c1-10(17-12-14-5-3-6-15-12)8-13-9-11-4-2-7-16-11/h2-7,10,13H,8-9H2,1H3. The summed E-state index contributed by atoms with van der Waals surface area (Å²) in [6.07, 6.45) is 5.21. The molecule has 0 aliphatic carbocycles. The minimum atomic E-state index is 0.423. The summed E-state index contributed by atoms with van der Waals surface area (Å²) in [7, 11) is 0. The van der Waals surface area contributed by atoms with Crippen molar-refractivity contribution in [3.8, 4) is 0 Å². The summed E-state index contributed by atoms with van der Waals surface area (Å²) in [5.74, 6) is 0.957. The van der Waals surface area contributed by atoms with Gasteiger partial charge in [-0.15, -0.1) is 0 Å². The van der Waals surface area contributed by atoms with Gasteiger partial charge in [-0.1, -0.05) is 18.7 Å². The average Bonchev–Trinajstić information content (AvgIpc) is 2.83. The maximum absolute atomic E-state index is 5.24. The Hall–Kier alpha value is -1.33. The quantitative estimate of drug-likeness (QED) is 0.629. The fraction of sp³-hybridized carbons (Fsp3) is 0.333. The Morgan fingerprint density at radius 3 is 2.88 bits per heavy atom. The van der Waals surface area contributed by atoms with Gasteiger partial charge in [-0.05, 0) is 18.2 Å². The van der Waals surface area contributed by atoms with Crippen LogP contribution in [0.2, 0.25) is 0 Å². The Labute approximate surface area is 105 Å². The molecule has 0 fully saturated rings. The lowest BCUT2D eigenvalue weighted by Crippen LogP contribution is -2.22. The molecule has 0 aliphatic heterocycles. The lowest BCUT2D eigenvalue weighted by Gasteiger charge is -2.10. The minimum Gasteiger partial charge on any atom is -0.468 e. The molecular formula is C12H15N3OS. The zero-order valence-electron chi connectivity index (χ0n) is 9.67. The van der Waals surface area contributed by atoms with Gasteiger partial charge >= 0.3 is 0 Å². The molecule has 0 aliphatic rings. The van der Waals surface area contributed by atoms with Crippen LogP contribution in [0.3, 0.4) is 0 Å². The summed E-state index contributed by atoms with van der Waals surface area (Å²) >= 11 is 1.67. The number of aromatic nitrogens is 2. The zero-order chi connectivity index (χ0) is 11.9. The van der Waals surface area contributed by atoms with Gasteiger partial charge in [-0.25, -0.2) is 9.97 Å². The van der Waals surface area contributed by atoms with E-state index < -0.39 is 0 Å². The van der Waals surface area contributed by atoms with E-state index in [0.717, 1.165) is 24.0 Å². The van der Waals surface area contributed by atoms with Crippen molar-refractivity contribution in [2.24, 2.45) is 0 Å². The second-order valence-electron chi connectivity index (χ2n) is 3.67. The molecule has 2 aromatic rings. The van der Waals surface area contributed by atoms with Gasteiger partial charge in [0.1, 0.15) is 5.76 Å². The van der Waals surface area contributed by atoms with Crippen LogP contribution in [-0.4, -0.2) is 21.8 Å². The fourth-order valence-electron chi connectivity index (χ4n) is 1.38. The number of rotatable bonds is 6. The molecule has 0 spiro atoms. The van der Waals surface area contributed by atoms with Crippen LogP contribution >= 0.6 is 11.8 Å². The Bertz CT molecular complexity index is 419. The van der Waals surface area contributed by atoms with E-state index in [9.17, 15) is 0 Å². The highest BCUT2D eigenvalue weighted by atomic mass is 32.2. The van der Waals surface area contributed by atoms with Gasteiger partial charge in [0.05, 0.1) is 12.8 Å². The van der Waals surface area contributed by atoms with Crippen LogP contribution in [0.1, 0.15) is 12.7 Å². The normalized spacial score (nSPS) is 12.5. The van der Waals surface area contributed by atoms with Crippen molar-refractivity contribution in [2.75, 3.05) is 6.54 Å². The Morgan fingerprint density at radius 1 is 1.35 bits per heavy atom. The predicted molar refractivity (Wildman–Crippen MR) is 67.8 cm³/mol. The molecule has 0 saturated heterocycles. The highest BCUT2D eigenvalue weighted by Crippen LogP contribution is 2.17. The molecule has 1 N–H and O–H groups in total. The molecule has 1 unspecified atom stereocenters. The van der Waals surface area contributed by atoms with E-state index in [2.05, 4.69) is 22.2 Å². The van der Waals surface area contributed by atoms with Crippen molar-refractivity contribution in [3.63, 3.8) is 0 Å². The molecule has 5 heteroatoms. The summed E-state index contributed by atoms with van der Waals surface area (Å²) in [5.41, 5.74) is 0. The highest BCUT2D eigenvalue weighted by Gasteiger charge is 2.06. The van der Waals surface area contributed by atoms with Crippen molar-refractivity contribution in [2.45, 2.75) is 23.9 Å². The third-order valence-electron chi connectivity index (χ3n) is 2.16. The van der Waals surface area contributed by atoms with Crippen molar-refractivity contribution >= 4 is 11.8 Å². The minimum absolute atomic E-state index is 0.423. The van der Waals surface area contributed by atoms with Crippen molar-refractivity contribution in [1.82, 2.24) is 15.3 Å². The van der Waals surface area contributed by atoms with Gasteiger partial charge in [0.15, 0.2) is 5.16 Å². The molecule has 2 heterocycles. The molecule has 2 aromatic heterocycles. The molecule has 0 aromatic carbocycles. The van der Waals surface area contributed by atoms with Crippen molar-refractivity contribution in [1.29, 1.82) is 0 Å². The molecule has 0 bridgehead atoms. The van der Waals surface area contributed by atoms with E-state index in [1.165, 1.54) is 0 Å². The Morgan fingerprint density at radius 2 is 2.18 bits per heavy atom. The molecule has 1 atom stereocenters. The van der Waals surface area contributed by atoms with E-state index in [-0.39, 0.29) is 0 Å². The van der Waals surface area contributed by atoms with Gasteiger partial charge in [0.2, 0.25) is 0 Å². The van der Waals surface area contributed by atoms with Crippen LogP contribution in [0.25, 0.3) is 0 Å².